The molecule has 0 spiro atoms. The van der Waals surface area contributed by atoms with Crippen molar-refractivity contribution in [2.24, 2.45) is 11.7 Å². The van der Waals surface area contributed by atoms with Gasteiger partial charge in [0.15, 0.2) is 0 Å². The lowest BCUT2D eigenvalue weighted by molar-refractivity contribution is 0.0619. The van der Waals surface area contributed by atoms with E-state index in [2.05, 4.69) is 0 Å². The third kappa shape index (κ3) is 3.51. The molecule has 0 saturated carbocycles. The number of halogens is 1. The lowest BCUT2D eigenvalue weighted by Gasteiger charge is -2.26. The first-order chi connectivity index (χ1) is 8.29. The molecule has 3 heteroatoms. The average molecular weight is 237 g/mol. The molecule has 2 N–H and O–H groups in total. The first kappa shape index (κ1) is 12.5. The van der Waals surface area contributed by atoms with Crippen molar-refractivity contribution in [2.75, 3.05) is 19.8 Å². The summed E-state index contributed by atoms with van der Waals surface area (Å²) in [7, 11) is 0. The molecule has 2 rings (SSSR count). The van der Waals surface area contributed by atoms with E-state index in [1.807, 2.05) is 6.07 Å². The van der Waals surface area contributed by atoms with Crippen molar-refractivity contribution in [1.82, 2.24) is 0 Å². The zero-order chi connectivity index (χ0) is 12.1. The summed E-state index contributed by atoms with van der Waals surface area (Å²) >= 11 is 0. The molecule has 1 aromatic carbocycles. The molecule has 1 aliphatic rings. The van der Waals surface area contributed by atoms with E-state index in [1.165, 1.54) is 6.07 Å². The van der Waals surface area contributed by atoms with E-state index in [0.717, 1.165) is 38.0 Å². The number of hydrogen-bond donors (Lipinski definition) is 1. The Kier molecular flexibility index (Phi) is 4.51. The zero-order valence-electron chi connectivity index (χ0n) is 10.1. The van der Waals surface area contributed by atoms with Crippen LogP contribution in [-0.4, -0.2) is 19.8 Å². The van der Waals surface area contributed by atoms with Crippen molar-refractivity contribution in [1.29, 1.82) is 0 Å². The molecule has 0 amide bonds. The van der Waals surface area contributed by atoms with Crippen LogP contribution in [0.1, 0.15) is 30.7 Å². The molecule has 2 nitrogen and oxygen atoms in total. The molecule has 1 fully saturated rings. The second-order valence-electron chi connectivity index (χ2n) is 4.78. The molecule has 0 bridgehead atoms. The Bertz CT molecular complexity index is 350. The Morgan fingerprint density at radius 2 is 2.12 bits per heavy atom. The van der Waals surface area contributed by atoms with Crippen LogP contribution in [0.5, 0.6) is 0 Å². The van der Waals surface area contributed by atoms with E-state index >= 15 is 0 Å². The monoisotopic (exact) mass is 237 g/mol. The SMILES string of the molecule is NCC(CC1CCOCC1)c1cccc(F)c1. The van der Waals surface area contributed by atoms with Gasteiger partial charge in [0.1, 0.15) is 5.82 Å². The predicted molar refractivity (Wildman–Crippen MR) is 66.4 cm³/mol. The summed E-state index contributed by atoms with van der Waals surface area (Å²) in [6.45, 7) is 2.29. The van der Waals surface area contributed by atoms with Crippen molar-refractivity contribution in [2.45, 2.75) is 25.2 Å². The van der Waals surface area contributed by atoms with Crippen LogP contribution in [0.15, 0.2) is 24.3 Å². The molecule has 17 heavy (non-hydrogen) atoms. The summed E-state index contributed by atoms with van der Waals surface area (Å²) < 4.78 is 18.5. The maximum Gasteiger partial charge on any atom is 0.123 e. The van der Waals surface area contributed by atoms with Gasteiger partial charge in [0.2, 0.25) is 0 Å². The van der Waals surface area contributed by atoms with Crippen LogP contribution in [0.2, 0.25) is 0 Å². The molecule has 0 radical (unpaired) electrons. The molecule has 1 aliphatic heterocycles. The smallest absolute Gasteiger partial charge is 0.123 e. The van der Waals surface area contributed by atoms with Gasteiger partial charge in [0.25, 0.3) is 0 Å². The van der Waals surface area contributed by atoms with Crippen molar-refractivity contribution >= 4 is 0 Å². The van der Waals surface area contributed by atoms with E-state index in [4.69, 9.17) is 10.5 Å². The van der Waals surface area contributed by atoms with Gasteiger partial charge in [0, 0.05) is 13.2 Å². The fourth-order valence-electron chi connectivity index (χ4n) is 2.51. The van der Waals surface area contributed by atoms with E-state index < -0.39 is 0 Å². The van der Waals surface area contributed by atoms with Gasteiger partial charge in [-0.25, -0.2) is 4.39 Å². The Morgan fingerprint density at radius 3 is 2.76 bits per heavy atom. The Balaban J connectivity index is 2.00. The summed E-state index contributed by atoms with van der Waals surface area (Å²) in [4.78, 5) is 0. The van der Waals surface area contributed by atoms with Gasteiger partial charge in [-0.15, -0.1) is 0 Å². The lowest BCUT2D eigenvalue weighted by atomic mass is 9.85. The van der Waals surface area contributed by atoms with E-state index in [-0.39, 0.29) is 11.7 Å². The van der Waals surface area contributed by atoms with E-state index in [0.29, 0.717) is 12.5 Å². The first-order valence-electron chi connectivity index (χ1n) is 6.33. The minimum atomic E-state index is -0.173. The molecule has 1 atom stereocenters. The molecular formula is C14H20FNO. The molecule has 1 saturated heterocycles. The molecule has 94 valence electrons. The largest absolute Gasteiger partial charge is 0.381 e. The Labute approximate surface area is 102 Å². The molecular weight excluding hydrogens is 217 g/mol. The zero-order valence-corrected chi connectivity index (χ0v) is 10.1. The summed E-state index contributed by atoms with van der Waals surface area (Å²) in [5.41, 5.74) is 6.85. The molecule has 0 aliphatic carbocycles. The quantitative estimate of drug-likeness (QED) is 0.873. The van der Waals surface area contributed by atoms with Crippen LogP contribution in [-0.2, 0) is 4.74 Å². The van der Waals surface area contributed by atoms with Crippen molar-refractivity contribution in [3.8, 4) is 0 Å². The normalized spacial score (nSPS) is 19.2. The Morgan fingerprint density at radius 1 is 1.35 bits per heavy atom. The minimum absolute atomic E-state index is 0.173. The molecule has 1 heterocycles. The number of ether oxygens (including phenoxy) is 1. The highest BCUT2D eigenvalue weighted by molar-refractivity contribution is 5.21. The maximum absolute atomic E-state index is 13.2. The minimum Gasteiger partial charge on any atom is -0.381 e. The second kappa shape index (κ2) is 6.12. The van der Waals surface area contributed by atoms with Gasteiger partial charge in [-0.1, -0.05) is 12.1 Å². The number of rotatable bonds is 4. The highest BCUT2D eigenvalue weighted by Gasteiger charge is 2.19. The van der Waals surface area contributed by atoms with Gasteiger partial charge in [-0.2, -0.15) is 0 Å². The standard InChI is InChI=1S/C14H20FNO/c15-14-3-1-2-12(9-14)13(10-16)8-11-4-6-17-7-5-11/h1-3,9,11,13H,4-8,10,16H2. The van der Waals surface area contributed by atoms with Crippen LogP contribution in [0.4, 0.5) is 4.39 Å². The predicted octanol–water partition coefficient (Wildman–Crippen LogP) is 2.68. The van der Waals surface area contributed by atoms with Gasteiger partial charge < -0.3 is 10.5 Å². The van der Waals surface area contributed by atoms with Crippen molar-refractivity contribution in [3.05, 3.63) is 35.6 Å². The van der Waals surface area contributed by atoms with Gasteiger partial charge in [0.05, 0.1) is 0 Å². The van der Waals surface area contributed by atoms with Crippen LogP contribution in [0.25, 0.3) is 0 Å². The summed E-state index contributed by atoms with van der Waals surface area (Å²) in [6, 6.07) is 6.82. The molecule has 1 unspecified atom stereocenters. The van der Waals surface area contributed by atoms with Crippen LogP contribution in [0.3, 0.4) is 0 Å². The Hall–Kier alpha value is -0.930. The van der Waals surface area contributed by atoms with Crippen LogP contribution in [0, 0.1) is 11.7 Å². The fraction of sp³-hybridized carbons (Fsp3) is 0.571. The van der Waals surface area contributed by atoms with Gasteiger partial charge in [-0.05, 0) is 55.3 Å². The van der Waals surface area contributed by atoms with Crippen LogP contribution < -0.4 is 5.73 Å². The lowest BCUT2D eigenvalue weighted by Crippen LogP contribution is -2.21. The van der Waals surface area contributed by atoms with Gasteiger partial charge in [-0.3, -0.25) is 0 Å². The van der Waals surface area contributed by atoms with E-state index in [9.17, 15) is 4.39 Å². The molecule has 0 aromatic heterocycles. The third-order valence-corrected chi connectivity index (χ3v) is 3.56. The number of benzene rings is 1. The summed E-state index contributed by atoms with van der Waals surface area (Å²) in [5, 5.41) is 0. The second-order valence-corrected chi connectivity index (χ2v) is 4.78. The van der Waals surface area contributed by atoms with Crippen molar-refractivity contribution in [3.63, 3.8) is 0 Å². The topological polar surface area (TPSA) is 35.2 Å². The first-order valence-corrected chi connectivity index (χ1v) is 6.33. The highest BCUT2D eigenvalue weighted by atomic mass is 19.1. The fourth-order valence-corrected chi connectivity index (χ4v) is 2.51. The van der Waals surface area contributed by atoms with E-state index in [1.54, 1.807) is 12.1 Å². The number of hydrogen-bond acceptors (Lipinski definition) is 2. The number of nitrogens with two attached hydrogens (primary N) is 1. The maximum atomic E-state index is 13.2. The third-order valence-electron chi connectivity index (χ3n) is 3.56. The average Bonchev–Trinajstić information content (AvgIpc) is 2.37. The molecule has 1 aromatic rings. The summed E-state index contributed by atoms with van der Waals surface area (Å²) in [5.74, 6) is 0.766. The summed E-state index contributed by atoms with van der Waals surface area (Å²) in [6.07, 6.45) is 3.25. The highest BCUT2D eigenvalue weighted by Crippen LogP contribution is 2.28. The van der Waals surface area contributed by atoms with Crippen LogP contribution >= 0.6 is 0 Å². The van der Waals surface area contributed by atoms with Gasteiger partial charge >= 0.3 is 0 Å². The van der Waals surface area contributed by atoms with Crippen molar-refractivity contribution < 1.29 is 9.13 Å².